The number of thiophene rings is 1. The standard InChI is InChI=1S/C24H25N3O6S2/c1-5-27(18-9-7-6-8-10-18)35(31,32)19-13-11-17(12-14-19)21(28)25-23-20(15(2)16(3)34-23)22(29)26-24(30)33-4/h6-14H,5H2,1-4H3,(H,25,28)(H,26,29,30). The number of nitrogens with zero attached hydrogens (tertiary/aromatic N) is 1. The van der Waals surface area contributed by atoms with Crippen molar-refractivity contribution in [2.75, 3.05) is 23.3 Å². The van der Waals surface area contributed by atoms with Crippen LogP contribution in [0.3, 0.4) is 0 Å². The molecule has 0 saturated carbocycles. The molecular formula is C24H25N3O6S2. The van der Waals surface area contributed by atoms with E-state index in [-0.39, 0.29) is 27.6 Å². The van der Waals surface area contributed by atoms with Crippen LogP contribution in [0.15, 0.2) is 59.5 Å². The molecular weight excluding hydrogens is 490 g/mol. The first-order valence-electron chi connectivity index (χ1n) is 10.6. The first-order valence-corrected chi connectivity index (χ1v) is 12.8. The molecule has 9 nitrogen and oxygen atoms in total. The number of carbonyl (C=O) groups excluding carboxylic acids is 3. The lowest BCUT2D eigenvalue weighted by atomic mass is 10.1. The Bertz CT molecular complexity index is 1350. The number of hydrogen-bond donors (Lipinski definition) is 2. The Labute approximate surface area is 207 Å². The lowest BCUT2D eigenvalue weighted by Gasteiger charge is -2.23. The lowest BCUT2D eigenvalue weighted by molar-refractivity contribution is 0.0937. The third kappa shape index (κ3) is 5.52. The van der Waals surface area contributed by atoms with Gasteiger partial charge in [0.2, 0.25) is 0 Å². The molecule has 0 aliphatic rings. The Morgan fingerprint density at radius 3 is 2.17 bits per heavy atom. The van der Waals surface area contributed by atoms with Crippen molar-refractivity contribution in [1.82, 2.24) is 5.32 Å². The highest BCUT2D eigenvalue weighted by atomic mass is 32.2. The topological polar surface area (TPSA) is 122 Å². The molecule has 0 spiro atoms. The van der Waals surface area contributed by atoms with Crippen LogP contribution in [-0.4, -0.2) is 40.0 Å². The lowest BCUT2D eigenvalue weighted by Crippen LogP contribution is -2.31. The number of para-hydroxylation sites is 1. The summed E-state index contributed by atoms with van der Waals surface area (Å²) in [4.78, 5) is 37.7. The second-order valence-electron chi connectivity index (χ2n) is 7.42. The number of aryl methyl sites for hydroxylation is 1. The number of sulfonamides is 1. The molecule has 1 aromatic heterocycles. The zero-order valence-corrected chi connectivity index (χ0v) is 21.2. The third-order valence-electron chi connectivity index (χ3n) is 5.28. The fourth-order valence-corrected chi connectivity index (χ4v) is 5.89. The second-order valence-corrected chi connectivity index (χ2v) is 10.5. The van der Waals surface area contributed by atoms with Crippen molar-refractivity contribution in [3.05, 3.63) is 76.2 Å². The van der Waals surface area contributed by atoms with Crippen molar-refractivity contribution < 1.29 is 27.5 Å². The number of carbonyl (C=O) groups is 3. The van der Waals surface area contributed by atoms with Crippen LogP contribution >= 0.6 is 11.3 Å². The summed E-state index contributed by atoms with van der Waals surface area (Å²) in [5, 5.41) is 5.04. The molecule has 3 aromatic rings. The number of rotatable bonds is 7. The minimum Gasteiger partial charge on any atom is -0.453 e. The number of benzene rings is 2. The summed E-state index contributed by atoms with van der Waals surface area (Å²) in [6.07, 6.45) is -0.913. The Kier molecular flexibility index (Phi) is 7.92. The minimum atomic E-state index is -3.83. The molecule has 0 aliphatic carbocycles. The number of imide groups is 1. The summed E-state index contributed by atoms with van der Waals surface area (Å²) in [6.45, 7) is 5.48. The number of nitrogens with one attached hydrogen (secondary N) is 2. The van der Waals surface area contributed by atoms with Gasteiger partial charge in [0, 0.05) is 17.0 Å². The van der Waals surface area contributed by atoms with Crippen molar-refractivity contribution in [2.45, 2.75) is 25.7 Å². The van der Waals surface area contributed by atoms with Crippen LogP contribution in [-0.2, 0) is 14.8 Å². The largest absolute Gasteiger partial charge is 0.453 e. The van der Waals surface area contributed by atoms with Crippen LogP contribution in [0.5, 0.6) is 0 Å². The zero-order valence-electron chi connectivity index (χ0n) is 19.6. The van der Waals surface area contributed by atoms with E-state index >= 15 is 0 Å². The molecule has 0 bridgehead atoms. The van der Waals surface area contributed by atoms with Crippen LogP contribution < -0.4 is 14.9 Å². The average molecular weight is 516 g/mol. The molecule has 1 heterocycles. The quantitative estimate of drug-likeness (QED) is 0.483. The predicted octanol–water partition coefficient (Wildman–Crippen LogP) is 4.33. The molecule has 2 aromatic carbocycles. The van der Waals surface area contributed by atoms with Gasteiger partial charge >= 0.3 is 6.09 Å². The number of anilines is 2. The molecule has 0 radical (unpaired) electrons. The van der Waals surface area contributed by atoms with Gasteiger partial charge in [0.25, 0.3) is 21.8 Å². The summed E-state index contributed by atoms with van der Waals surface area (Å²) >= 11 is 1.19. The molecule has 0 atom stereocenters. The van der Waals surface area contributed by atoms with Gasteiger partial charge in [-0.2, -0.15) is 0 Å². The van der Waals surface area contributed by atoms with E-state index in [9.17, 15) is 22.8 Å². The molecule has 3 amide bonds. The van der Waals surface area contributed by atoms with E-state index in [0.29, 0.717) is 11.3 Å². The highest BCUT2D eigenvalue weighted by Crippen LogP contribution is 2.33. The molecule has 0 aliphatic heterocycles. The summed E-state index contributed by atoms with van der Waals surface area (Å²) in [5.74, 6) is -1.23. The van der Waals surface area contributed by atoms with Crippen LogP contribution in [0, 0.1) is 13.8 Å². The maximum absolute atomic E-state index is 13.2. The molecule has 0 saturated heterocycles. The average Bonchev–Trinajstić information content (AvgIpc) is 3.12. The number of hydrogen-bond acceptors (Lipinski definition) is 7. The fraction of sp³-hybridized carbons (Fsp3) is 0.208. The highest BCUT2D eigenvalue weighted by Gasteiger charge is 2.25. The van der Waals surface area contributed by atoms with Gasteiger partial charge in [-0.05, 0) is 62.7 Å². The number of alkyl carbamates (subject to hydrolysis) is 1. The molecule has 35 heavy (non-hydrogen) atoms. The molecule has 3 rings (SSSR count). The van der Waals surface area contributed by atoms with Crippen molar-refractivity contribution >= 4 is 50.0 Å². The van der Waals surface area contributed by atoms with Gasteiger partial charge in [0.15, 0.2) is 0 Å². The summed E-state index contributed by atoms with van der Waals surface area (Å²) in [6, 6.07) is 14.3. The second kappa shape index (κ2) is 10.7. The van der Waals surface area contributed by atoms with Gasteiger partial charge in [0.1, 0.15) is 5.00 Å². The summed E-state index contributed by atoms with van der Waals surface area (Å²) in [5.41, 5.74) is 1.52. The third-order valence-corrected chi connectivity index (χ3v) is 8.32. The van der Waals surface area contributed by atoms with Crippen molar-refractivity contribution in [3.63, 3.8) is 0 Å². The number of ether oxygens (including phenoxy) is 1. The van der Waals surface area contributed by atoms with Gasteiger partial charge < -0.3 is 10.1 Å². The van der Waals surface area contributed by atoms with Gasteiger partial charge in [-0.1, -0.05) is 18.2 Å². The van der Waals surface area contributed by atoms with Gasteiger partial charge in [-0.3, -0.25) is 19.2 Å². The van der Waals surface area contributed by atoms with Crippen molar-refractivity contribution in [2.24, 2.45) is 0 Å². The first kappa shape index (κ1) is 25.9. The molecule has 2 N–H and O–H groups in total. The van der Waals surface area contributed by atoms with Crippen LogP contribution in [0.25, 0.3) is 0 Å². The predicted molar refractivity (Wildman–Crippen MR) is 135 cm³/mol. The Morgan fingerprint density at radius 2 is 1.60 bits per heavy atom. The summed E-state index contributed by atoms with van der Waals surface area (Å²) < 4.78 is 32.1. The van der Waals surface area contributed by atoms with Crippen LogP contribution in [0.4, 0.5) is 15.5 Å². The van der Waals surface area contributed by atoms with E-state index in [0.717, 1.165) is 12.0 Å². The highest BCUT2D eigenvalue weighted by molar-refractivity contribution is 7.92. The molecule has 184 valence electrons. The van der Waals surface area contributed by atoms with E-state index in [1.807, 2.05) is 0 Å². The van der Waals surface area contributed by atoms with Gasteiger partial charge in [-0.15, -0.1) is 11.3 Å². The van der Waals surface area contributed by atoms with E-state index < -0.39 is 27.9 Å². The van der Waals surface area contributed by atoms with E-state index in [1.54, 1.807) is 51.1 Å². The minimum absolute atomic E-state index is 0.0423. The maximum atomic E-state index is 13.2. The Morgan fingerprint density at radius 1 is 0.971 bits per heavy atom. The van der Waals surface area contributed by atoms with Crippen LogP contribution in [0.1, 0.15) is 38.1 Å². The molecule has 11 heteroatoms. The number of methoxy groups -OCH3 is 1. The smallest absolute Gasteiger partial charge is 0.413 e. The van der Waals surface area contributed by atoms with Gasteiger partial charge in [-0.25, -0.2) is 13.2 Å². The SMILES string of the molecule is CCN(c1ccccc1)S(=O)(=O)c1ccc(C(=O)Nc2sc(C)c(C)c2C(=O)NC(=O)OC)cc1. The zero-order chi connectivity index (χ0) is 25.8. The Balaban J connectivity index is 1.84. The van der Waals surface area contributed by atoms with E-state index in [4.69, 9.17) is 0 Å². The maximum Gasteiger partial charge on any atom is 0.413 e. The Hall–Kier alpha value is -3.70. The number of amides is 3. The molecule has 0 fully saturated rings. The van der Waals surface area contributed by atoms with Crippen molar-refractivity contribution in [1.29, 1.82) is 0 Å². The monoisotopic (exact) mass is 515 g/mol. The van der Waals surface area contributed by atoms with Gasteiger partial charge in [0.05, 0.1) is 23.3 Å². The fourth-order valence-electron chi connectivity index (χ4n) is 3.36. The first-order chi connectivity index (χ1) is 16.6. The van der Waals surface area contributed by atoms with Crippen LogP contribution in [0.2, 0.25) is 0 Å². The van der Waals surface area contributed by atoms with E-state index in [2.05, 4.69) is 15.4 Å². The normalized spacial score (nSPS) is 11.0. The van der Waals surface area contributed by atoms with E-state index in [1.165, 1.54) is 39.9 Å². The summed E-state index contributed by atoms with van der Waals surface area (Å²) in [7, 11) is -2.69. The van der Waals surface area contributed by atoms with Crippen molar-refractivity contribution in [3.8, 4) is 0 Å². The molecule has 0 unspecified atom stereocenters.